The molecule has 36 heavy (non-hydrogen) atoms. The number of benzene rings is 2. The Bertz CT molecular complexity index is 1720. The number of carbonyl (C=O) groups is 1. The van der Waals surface area contributed by atoms with Gasteiger partial charge < -0.3 is 10.3 Å². The Hall–Kier alpha value is -4.85. The number of aliphatic imine (C=N–C) groups is 1. The molecule has 0 unspecified atom stereocenters. The summed E-state index contributed by atoms with van der Waals surface area (Å²) in [6, 6.07) is 16.3. The fraction of sp³-hybridized carbons (Fsp3) is 0.107. The second kappa shape index (κ2) is 8.74. The number of hydrogen-bond donors (Lipinski definition) is 3. The molecule has 8 nitrogen and oxygen atoms in total. The van der Waals surface area contributed by atoms with E-state index in [1.807, 2.05) is 43.3 Å². The monoisotopic (exact) mass is 473 g/mol. The van der Waals surface area contributed by atoms with E-state index < -0.39 is 0 Å². The Labute approximate surface area is 206 Å². The molecule has 2 aromatic carbocycles. The number of amides is 1. The summed E-state index contributed by atoms with van der Waals surface area (Å²) in [6.45, 7) is 5.48. The fourth-order valence-corrected chi connectivity index (χ4v) is 4.58. The lowest BCUT2D eigenvalue weighted by Crippen LogP contribution is -2.22. The minimum Gasteiger partial charge on any atom is -0.337 e. The van der Waals surface area contributed by atoms with Gasteiger partial charge in [0, 0.05) is 23.6 Å². The second-order valence-corrected chi connectivity index (χ2v) is 8.82. The summed E-state index contributed by atoms with van der Waals surface area (Å²) in [7, 11) is 0. The van der Waals surface area contributed by atoms with Crippen LogP contribution in [-0.2, 0) is 11.2 Å². The van der Waals surface area contributed by atoms with Crippen molar-refractivity contribution in [3.8, 4) is 22.6 Å². The van der Waals surface area contributed by atoms with Crippen molar-refractivity contribution in [2.75, 3.05) is 0 Å². The number of nitrogens with zero attached hydrogens (tertiary/aromatic N) is 4. The number of hydrogen-bond acceptors (Lipinski definition) is 5. The highest BCUT2D eigenvalue weighted by Gasteiger charge is 2.17. The minimum atomic E-state index is -0.0972. The third kappa shape index (κ3) is 3.88. The predicted molar refractivity (Wildman–Crippen MR) is 142 cm³/mol. The van der Waals surface area contributed by atoms with Crippen LogP contribution in [0.1, 0.15) is 24.6 Å². The maximum absolute atomic E-state index is 12.8. The Kier molecular flexibility index (Phi) is 5.26. The molecule has 0 aliphatic carbocycles. The molecule has 5 aromatic rings. The van der Waals surface area contributed by atoms with Crippen molar-refractivity contribution in [2.24, 2.45) is 4.99 Å². The Morgan fingerprint density at radius 3 is 2.86 bits per heavy atom. The average molecular weight is 474 g/mol. The highest BCUT2D eigenvalue weighted by Crippen LogP contribution is 2.32. The molecule has 6 rings (SSSR count). The Morgan fingerprint density at radius 2 is 1.97 bits per heavy atom. The molecular weight excluding hydrogens is 450 g/mol. The van der Waals surface area contributed by atoms with E-state index in [0.717, 1.165) is 55.6 Å². The zero-order chi connectivity index (χ0) is 24.6. The van der Waals surface area contributed by atoms with Gasteiger partial charge in [-0.2, -0.15) is 5.10 Å². The lowest BCUT2D eigenvalue weighted by molar-refractivity contribution is -0.120. The molecule has 176 valence electrons. The van der Waals surface area contributed by atoms with Crippen LogP contribution < -0.4 is 5.32 Å². The van der Waals surface area contributed by atoms with Gasteiger partial charge in [-0.25, -0.2) is 4.98 Å². The second-order valence-electron chi connectivity index (χ2n) is 8.82. The number of para-hydroxylation sites is 1. The maximum Gasteiger partial charge on any atom is 0.224 e. The van der Waals surface area contributed by atoms with Crippen LogP contribution in [-0.4, -0.2) is 37.8 Å². The first-order valence-electron chi connectivity index (χ1n) is 11.7. The van der Waals surface area contributed by atoms with Crippen molar-refractivity contribution in [1.82, 2.24) is 30.5 Å². The first-order valence-corrected chi connectivity index (χ1v) is 11.7. The first kappa shape index (κ1) is 21.7. The van der Waals surface area contributed by atoms with Crippen molar-refractivity contribution in [2.45, 2.75) is 19.8 Å². The molecule has 0 radical (unpaired) electrons. The fourth-order valence-electron chi connectivity index (χ4n) is 4.58. The van der Waals surface area contributed by atoms with E-state index in [0.29, 0.717) is 24.4 Å². The molecule has 3 aromatic heterocycles. The van der Waals surface area contributed by atoms with E-state index in [1.54, 1.807) is 6.20 Å². The van der Waals surface area contributed by atoms with Gasteiger partial charge >= 0.3 is 0 Å². The molecule has 1 amide bonds. The van der Waals surface area contributed by atoms with Gasteiger partial charge in [0.2, 0.25) is 5.91 Å². The lowest BCUT2D eigenvalue weighted by atomic mass is 10.00. The van der Waals surface area contributed by atoms with Gasteiger partial charge in [-0.15, -0.1) is 0 Å². The number of fused-ring (bicyclic) bond motifs is 6. The van der Waals surface area contributed by atoms with E-state index in [4.69, 9.17) is 4.98 Å². The quantitative estimate of drug-likeness (QED) is 0.291. The Morgan fingerprint density at radius 1 is 1.08 bits per heavy atom. The molecule has 1 aliphatic rings. The zero-order valence-electron chi connectivity index (χ0n) is 19.7. The normalized spacial score (nSPS) is 16.6. The molecule has 0 atom stereocenters. The van der Waals surface area contributed by atoms with Gasteiger partial charge in [0.1, 0.15) is 5.69 Å². The topological polar surface area (TPSA) is 112 Å². The number of aromatic amines is 2. The van der Waals surface area contributed by atoms with Crippen LogP contribution in [0.3, 0.4) is 0 Å². The molecule has 4 heterocycles. The third-order valence-corrected chi connectivity index (χ3v) is 6.35. The largest absolute Gasteiger partial charge is 0.337 e. The number of aryl methyl sites for hydroxylation is 1. The van der Waals surface area contributed by atoms with Crippen LogP contribution in [0.15, 0.2) is 77.7 Å². The summed E-state index contributed by atoms with van der Waals surface area (Å²) < 4.78 is 0. The van der Waals surface area contributed by atoms with E-state index in [1.165, 1.54) is 6.20 Å². The molecule has 0 saturated carbocycles. The van der Waals surface area contributed by atoms with Crippen LogP contribution in [0.2, 0.25) is 0 Å². The van der Waals surface area contributed by atoms with Gasteiger partial charge in [0.25, 0.3) is 0 Å². The number of pyridine rings is 1. The molecular formula is C28H23N7O. The summed E-state index contributed by atoms with van der Waals surface area (Å²) in [5.74, 6) is 0.587. The van der Waals surface area contributed by atoms with Crippen molar-refractivity contribution in [3.63, 3.8) is 0 Å². The summed E-state index contributed by atoms with van der Waals surface area (Å²) in [5, 5.41) is 11.5. The van der Waals surface area contributed by atoms with E-state index in [-0.39, 0.29) is 5.91 Å². The zero-order valence-corrected chi connectivity index (χ0v) is 19.7. The van der Waals surface area contributed by atoms with Gasteiger partial charge in [-0.05, 0) is 55.0 Å². The van der Waals surface area contributed by atoms with Crippen LogP contribution in [0.5, 0.6) is 0 Å². The lowest BCUT2D eigenvalue weighted by Gasteiger charge is -2.09. The highest BCUT2D eigenvalue weighted by molar-refractivity contribution is 5.97. The maximum atomic E-state index is 12.8. The number of nitrogens with one attached hydrogen (secondary N) is 3. The highest BCUT2D eigenvalue weighted by atomic mass is 16.1. The molecule has 1 aliphatic heterocycles. The van der Waals surface area contributed by atoms with Gasteiger partial charge in [-0.3, -0.25) is 19.9 Å². The molecule has 0 spiro atoms. The van der Waals surface area contributed by atoms with Gasteiger partial charge in [0.05, 0.1) is 34.1 Å². The van der Waals surface area contributed by atoms with Gasteiger partial charge in [-0.1, -0.05) is 36.4 Å². The average Bonchev–Trinajstić information content (AvgIpc) is 3.50. The van der Waals surface area contributed by atoms with E-state index in [2.05, 4.69) is 55.4 Å². The first-order chi connectivity index (χ1) is 17.6. The van der Waals surface area contributed by atoms with Crippen molar-refractivity contribution in [1.29, 1.82) is 0 Å². The SMILES string of the molecule is C=NC=C1/C=C(\C)c2cc3c(n[nH]c3cn2)-c2nc3c(cccc3[nH]2)-c2cccc(c2)CCC(=O)N1. The smallest absolute Gasteiger partial charge is 0.224 e. The number of imidazole rings is 1. The molecule has 6 bridgehead atoms. The molecule has 3 N–H and O–H groups in total. The van der Waals surface area contributed by atoms with Crippen LogP contribution >= 0.6 is 0 Å². The van der Waals surface area contributed by atoms with E-state index in [9.17, 15) is 4.79 Å². The van der Waals surface area contributed by atoms with Gasteiger partial charge in [0.15, 0.2) is 5.82 Å². The summed E-state index contributed by atoms with van der Waals surface area (Å²) in [4.78, 5) is 29.6. The molecule has 0 saturated heterocycles. The number of carbonyl (C=O) groups excluding carboxylic acids is 1. The van der Waals surface area contributed by atoms with Crippen LogP contribution in [0, 0.1) is 0 Å². The number of H-pyrrole nitrogens is 2. The number of aromatic nitrogens is 5. The van der Waals surface area contributed by atoms with E-state index >= 15 is 0 Å². The summed E-state index contributed by atoms with van der Waals surface area (Å²) in [6.07, 6.45) is 6.08. The van der Waals surface area contributed by atoms with Crippen molar-refractivity contribution >= 4 is 40.1 Å². The molecule has 0 fully saturated rings. The van der Waals surface area contributed by atoms with Crippen LogP contribution in [0.25, 0.3) is 50.2 Å². The standard InChI is InChI=1S/C28H23N7O/c1-16-11-19(14-29-2)31-25(36)10-9-17-5-3-6-18(12-17)20-7-4-8-22-26(20)33-28(32-22)27-21-13-23(16)30-15-24(21)34-35-27/h3-8,11-15H,2,9-10H2,1H3,(H,31,36)(H,32,33)(H,34,35)/b16-11+,19-14?. The molecule has 8 heteroatoms. The van der Waals surface area contributed by atoms with Crippen molar-refractivity contribution in [3.05, 3.63) is 84.0 Å². The predicted octanol–water partition coefficient (Wildman–Crippen LogP) is 5.18. The van der Waals surface area contributed by atoms with Crippen molar-refractivity contribution < 1.29 is 4.79 Å². The Balaban J connectivity index is 1.58. The number of rotatable bonds is 1. The summed E-state index contributed by atoms with van der Waals surface area (Å²) in [5.41, 5.74) is 8.63. The van der Waals surface area contributed by atoms with Crippen LogP contribution in [0.4, 0.5) is 0 Å². The summed E-state index contributed by atoms with van der Waals surface area (Å²) >= 11 is 0. The minimum absolute atomic E-state index is 0.0972. The third-order valence-electron chi connectivity index (χ3n) is 6.35. The number of allylic oxidation sites excluding steroid dienone is 2.